The number of hydrazine groups is 1. The lowest BCUT2D eigenvalue weighted by molar-refractivity contribution is -0.120. The molecule has 3 N–H and O–H groups in total. The van der Waals surface area contributed by atoms with Gasteiger partial charge in [-0.1, -0.05) is 0 Å². The smallest absolute Gasteiger partial charge is 0.416 e. The Labute approximate surface area is 286 Å². The van der Waals surface area contributed by atoms with Gasteiger partial charge in [0.1, 0.15) is 17.2 Å². The fourth-order valence-corrected chi connectivity index (χ4v) is 6.97. The number of ether oxygens (including phenoxy) is 1. The van der Waals surface area contributed by atoms with Crippen LogP contribution in [0, 0.1) is 11.6 Å². The first-order valence-corrected chi connectivity index (χ1v) is 16.9. The van der Waals surface area contributed by atoms with Crippen LogP contribution in [0.2, 0.25) is 0 Å². The zero-order chi connectivity index (χ0) is 35.1. The molecule has 1 aromatic heterocycles. The SMILES string of the molecule is CC(=O)NN[C@H]1CN(c2ccc(N3CCN(CCN4CCN(c5cc6c(cc5F)c(=O)c(C(=O)O)cn6C5CC5)CC4)CC3)c(F)c2)C(=O)O1. The van der Waals surface area contributed by atoms with Gasteiger partial charge in [-0.05, 0) is 43.2 Å². The van der Waals surface area contributed by atoms with Gasteiger partial charge in [-0.2, -0.15) is 5.43 Å². The Kier molecular flexibility index (Phi) is 9.32. The molecular formula is C34H40F2N8O6. The molecule has 0 radical (unpaired) electrons. The van der Waals surface area contributed by atoms with Crippen LogP contribution < -0.4 is 31.0 Å². The van der Waals surface area contributed by atoms with Gasteiger partial charge in [0.05, 0.1) is 29.1 Å². The van der Waals surface area contributed by atoms with Crippen molar-refractivity contribution in [1.82, 2.24) is 25.2 Å². The number of pyridine rings is 1. The van der Waals surface area contributed by atoms with Gasteiger partial charge in [0.25, 0.3) is 0 Å². The van der Waals surface area contributed by atoms with Crippen LogP contribution in [0.25, 0.3) is 10.9 Å². The van der Waals surface area contributed by atoms with Crippen LogP contribution in [0.4, 0.5) is 30.6 Å². The van der Waals surface area contributed by atoms with E-state index in [4.69, 9.17) is 4.74 Å². The van der Waals surface area contributed by atoms with Crippen LogP contribution in [0.15, 0.2) is 41.3 Å². The molecule has 2 amide bonds. The average molecular weight is 695 g/mol. The first kappa shape index (κ1) is 33.7. The number of rotatable bonds is 10. The molecule has 1 aliphatic carbocycles. The summed E-state index contributed by atoms with van der Waals surface area (Å²) in [6.45, 7) is 8.72. The molecule has 4 aliphatic rings. The highest BCUT2D eigenvalue weighted by Gasteiger charge is 2.33. The molecule has 1 saturated carbocycles. The Hall–Kier alpha value is -4.80. The van der Waals surface area contributed by atoms with Crippen molar-refractivity contribution in [2.24, 2.45) is 0 Å². The van der Waals surface area contributed by atoms with Crippen molar-refractivity contribution in [3.05, 3.63) is 63.9 Å². The van der Waals surface area contributed by atoms with Crippen LogP contribution in [-0.4, -0.2) is 116 Å². The van der Waals surface area contributed by atoms with Crippen molar-refractivity contribution < 1.29 is 33.0 Å². The van der Waals surface area contributed by atoms with Crippen molar-refractivity contribution in [2.75, 3.05) is 86.7 Å². The Balaban J connectivity index is 0.898. The third kappa shape index (κ3) is 6.95. The topological polar surface area (TPSA) is 143 Å². The maximum Gasteiger partial charge on any atom is 0.416 e. The number of cyclic esters (lactones) is 1. The summed E-state index contributed by atoms with van der Waals surface area (Å²) in [6, 6.07) is 7.71. The second kappa shape index (κ2) is 13.8. The summed E-state index contributed by atoms with van der Waals surface area (Å²) in [7, 11) is 0. The molecule has 0 spiro atoms. The fraction of sp³-hybridized carbons (Fsp3) is 0.471. The number of amides is 2. The van der Waals surface area contributed by atoms with E-state index >= 15 is 8.78 Å². The number of carbonyl (C=O) groups is 3. The molecule has 1 atom stereocenters. The lowest BCUT2D eigenvalue weighted by atomic mass is 10.1. The van der Waals surface area contributed by atoms with Crippen LogP contribution in [0.5, 0.6) is 0 Å². The standard InChI is InChI=1S/C34H40F2N8O6/c1-21(45)37-38-31-20-44(34(49)50-31)23-4-5-28(26(35)16-23)41-12-8-39(9-13-41)6-7-40-10-14-42(15-11-40)30-18-29-24(17-27(30)36)32(46)25(33(47)48)19-43(29)22-2-3-22/h4-5,16-19,22,31,38H,2-3,6-15,20H2,1H3,(H,37,45)(H,47,48)/t31-/m1/s1. The first-order valence-electron chi connectivity index (χ1n) is 16.9. The molecule has 16 heteroatoms. The third-order valence-corrected chi connectivity index (χ3v) is 9.89. The highest BCUT2D eigenvalue weighted by atomic mass is 19.1. The van der Waals surface area contributed by atoms with Gasteiger partial charge in [0, 0.05) is 90.0 Å². The molecule has 14 nitrogen and oxygen atoms in total. The fourth-order valence-electron chi connectivity index (χ4n) is 6.97. The minimum absolute atomic E-state index is 0.0947. The molecule has 4 fully saturated rings. The van der Waals surface area contributed by atoms with Gasteiger partial charge in [0.15, 0.2) is 6.23 Å². The number of benzene rings is 2. The summed E-state index contributed by atoms with van der Waals surface area (Å²) in [5, 5.41) is 9.61. The maximum absolute atomic E-state index is 15.4. The highest BCUT2D eigenvalue weighted by molar-refractivity contribution is 5.94. The Morgan fingerprint density at radius 2 is 1.50 bits per heavy atom. The van der Waals surface area contributed by atoms with E-state index in [0.29, 0.717) is 48.8 Å². The molecule has 4 heterocycles. The summed E-state index contributed by atoms with van der Waals surface area (Å²) in [5.74, 6) is -2.59. The van der Waals surface area contributed by atoms with Crippen LogP contribution in [0.3, 0.4) is 0 Å². The second-order valence-corrected chi connectivity index (χ2v) is 13.2. The average Bonchev–Trinajstić information content (AvgIpc) is 3.88. The monoisotopic (exact) mass is 694 g/mol. The molecule has 3 saturated heterocycles. The molecule has 0 unspecified atom stereocenters. The van der Waals surface area contributed by atoms with E-state index in [-0.39, 0.29) is 29.4 Å². The number of nitrogens with one attached hydrogen (secondary N) is 2. The summed E-state index contributed by atoms with van der Waals surface area (Å²) in [6.07, 6.45) is 1.80. The number of halogens is 2. The number of aromatic nitrogens is 1. The molecule has 3 aromatic rings. The highest BCUT2D eigenvalue weighted by Crippen LogP contribution is 2.38. The van der Waals surface area contributed by atoms with E-state index in [1.165, 1.54) is 30.2 Å². The predicted octanol–water partition coefficient (Wildman–Crippen LogP) is 2.18. The van der Waals surface area contributed by atoms with Crippen LogP contribution in [0.1, 0.15) is 36.2 Å². The predicted molar refractivity (Wildman–Crippen MR) is 182 cm³/mol. The number of carboxylic acid groups (broad SMARTS) is 1. The van der Waals surface area contributed by atoms with Crippen molar-refractivity contribution in [1.29, 1.82) is 0 Å². The zero-order valence-corrected chi connectivity index (χ0v) is 27.7. The summed E-state index contributed by atoms with van der Waals surface area (Å²) >= 11 is 0. The lowest BCUT2D eigenvalue weighted by Crippen LogP contribution is -2.51. The number of hydrogen-bond donors (Lipinski definition) is 3. The van der Waals surface area contributed by atoms with Gasteiger partial charge < -0.3 is 24.2 Å². The minimum Gasteiger partial charge on any atom is -0.477 e. The van der Waals surface area contributed by atoms with Gasteiger partial charge >= 0.3 is 12.1 Å². The molecule has 7 rings (SSSR count). The van der Waals surface area contributed by atoms with Crippen molar-refractivity contribution >= 4 is 45.9 Å². The van der Waals surface area contributed by atoms with E-state index in [1.54, 1.807) is 18.2 Å². The van der Waals surface area contributed by atoms with Crippen molar-refractivity contribution in [2.45, 2.75) is 32.0 Å². The molecule has 3 aliphatic heterocycles. The number of nitrogens with zero attached hydrogens (tertiary/aromatic N) is 6. The number of anilines is 3. The first-order chi connectivity index (χ1) is 24.0. The third-order valence-electron chi connectivity index (χ3n) is 9.89. The van der Waals surface area contributed by atoms with E-state index in [2.05, 4.69) is 20.7 Å². The van der Waals surface area contributed by atoms with Crippen LogP contribution >= 0.6 is 0 Å². The van der Waals surface area contributed by atoms with E-state index in [9.17, 15) is 24.3 Å². The van der Waals surface area contributed by atoms with Crippen LogP contribution in [-0.2, 0) is 9.53 Å². The largest absolute Gasteiger partial charge is 0.477 e. The molecule has 50 heavy (non-hydrogen) atoms. The lowest BCUT2D eigenvalue weighted by Gasteiger charge is -2.39. The van der Waals surface area contributed by atoms with E-state index in [1.807, 2.05) is 14.4 Å². The minimum atomic E-state index is -1.31. The molecular weight excluding hydrogens is 654 g/mol. The number of aromatic carboxylic acids is 1. The molecule has 266 valence electrons. The van der Waals surface area contributed by atoms with E-state index < -0.39 is 35.4 Å². The number of carbonyl (C=O) groups excluding carboxylic acids is 2. The Morgan fingerprint density at radius 1 is 0.880 bits per heavy atom. The number of fused-ring (bicyclic) bond motifs is 1. The van der Waals surface area contributed by atoms with Gasteiger partial charge in [0.2, 0.25) is 11.3 Å². The quantitative estimate of drug-likeness (QED) is 0.269. The van der Waals surface area contributed by atoms with Gasteiger partial charge in [-0.3, -0.25) is 29.7 Å². The number of piperazine rings is 2. The Morgan fingerprint density at radius 3 is 2.08 bits per heavy atom. The van der Waals surface area contributed by atoms with Gasteiger partial charge in [-0.25, -0.2) is 18.4 Å². The van der Waals surface area contributed by atoms with Gasteiger partial charge in [-0.15, -0.1) is 0 Å². The summed E-state index contributed by atoms with van der Waals surface area (Å²) in [5.41, 5.74) is 5.84. The van der Waals surface area contributed by atoms with Crippen molar-refractivity contribution in [3.8, 4) is 0 Å². The maximum atomic E-state index is 15.4. The van der Waals surface area contributed by atoms with E-state index in [0.717, 1.165) is 52.1 Å². The second-order valence-electron chi connectivity index (χ2n) is 13.2. The number of carboxylic acids is 1. The summed E-state index contributed by atoms with van der Waals surface area (Å²) < 4.78 is 37.6. The van der Waals surface area contributed by atoms with Crippen molar-refractivity contribution in [3.63, 3.8) is 0 Å². The summed E-state index contributed by atoms with van der Waals surface area (Å²) in [4.78, 5) is 57.9. The molecule has 2 aromatic carbocycles. The Bertz CT molecular complexity index is 1870. The number of hydrogen-bond acceptors (Lipinski definition) is 10. The normalized spacial score (nSPS) is 20.4. The zero-order valence-electron chi connectivity index (χ0n) is 27.7. The molecule has 0 bridgehead atoms.